The van der Waals surface area contributed by atoms with Gasteiger partial charge in [0.05, 0.1) is 0 Å². The summed E-state index contributed by atoms with van der Waals surface area (Å²) in [5, 5.41) is 0. The van der Waals surface area contributed by atoms with Crippen molar-refractivity contribution >= 4 is 0 Å². The minimum absolute atomic E-state index is 0.167. The first-order chi connectivity index (χ1) is 8.72. The molecule has 3 heteroatoms. The Morgan fingerprint density at radius 3 is 2.22 bits per heavy atom. The maximum absolute atomic E-state index is 6.21. The Morgan fingerprint density at radius 1 is 1.11 bits per heavy atom. The third kappa shape index (κ3) is 3.10. The second-order valence-corrected chi connectivity index (χ2v) is 5.18. The van der Waals surface area contributed by atoms with E-state index in [1.54, 1.807) is 0 Å². The van der Waals surface area contributed by atoms with Crippen molar-refractivity contribution < 1.29 is 0 Å². The second kappa shape index (κ2) is 6.32. The molecule has 0 bridgehead atoms. The van der Waals surface area contributed by atoms with Crippen molar-refractivity contribution in [3.63, 3.8) is 0 Å². The summed E-state index contributed by atoms with van der Waals surface area (Å²) in [5.41, 5.74) is 7.56. The van der Waals surface area contributed by atoms with Crippen LogP contribution in [0.15, 0.2) is 30.3 Å². The maximum Gasteiger partial charge on any atom is 0.0497 e. The van der Waals surface area contributed by atoms with Gasteiger partial charge in [-0.3, -0.25) is 4.90 Å². The van der Waals surface area contributed by atoms with E-state index in [-0.39, 0.29) is 6.04 Å². The van der Waals surface area contributed by atoms with E-state index in [4.69, 9.17) is 5.73 Å². The number of nitrogens with two attached hydrogens (primary N) is 1. The van der Waals surface area contributed by atoms with Crippen LogP contribution in [0.5, 0.6) is 0 Å². The molecular formula is C15H25N3. The smallest absolute Gasteiger partial charge is 0.0497 e. The number of piperazine rings is 1. The van der Waals surface area contributed by atoms with Crippen LogP contribution in [0.4, 0.5) is 0 Å². The Kier molecular flexibility index (Phi) is 4.75. The highest BCUT2D eigenvalue weighted by Gasteiger charge is 2.26. The molecule has 0 saturated carbocycles. The lowest BCUT2D eigenvalue weighted by molar-refractivity contribution is 0.0898. The molecule has 18 heavy (non-hydrogen) atoms. The van der Waals surface area contributed by atoms with E-state index in [2.05, 4.69) is 54.0 Å². The Labute approximate surface area is 111 Å². The van der Waals surface area contributed by atoms with Crippen LogP contribution >= 0.6 is 0 Å². The lowest BCUT2D eigenvalue weighted by Crippen LogP contribution is -2.50. The fraction of sp³-hybridized carbons (Fsp3) is 0.600. The lowest BCUT2D eigenvalue weighted by atomic mass is 9.98. The van der Waals surface area contributed by atoms with E-state index >= 15 is 0 Å². The first kappa shape index (κ1) is 13.5. The van der Waals surface area contributed by atoms with E-state index in [0.29, 0.717) is 6.04 Å². The molecule has 1 aliphatic heterocycles. The molecule has 2 rings (SSSR count). The molecule has 0 aliphatic carbocycles. The fourth-order valence-electron chi connectivity index (χ4n) is 2.85. The van der Waals surface area contributed by atoms with Crippen molar-refractivity contribution in [1.29, 1.82) is 0 Å². The molecule has 0 amide bonds. The fourth-order valence-corrected chi connectivity index (χ4v) is 2.85. The summed E-state index contributed by atoms with van der Waals surface area (Å²) in [4.78, 5) is 5.03. The Bertz CT molecular complexity index is 342. The van der Waals surface area contributed by atoms with Gasteiger partial charge < -0.3 is 10.6 Å². The second-order valence-electron chi connectivity index (χ2n) is 5.18. The van der Waals surface area contributed by atoms with Gasteiger partial charge in [-0.25, -0.2) is 0 Å². The van der Waals surface area contributed by atoms with Gasteiger partial charge in [0, 0.05) is 38.3 Å². The summed E-state index contributed by atoms with van der Waals surface area (Å²) in [5.74, 6) is 0. The molecule has 0 aromatic heterocycles. The van der Waals surface area contributed by atoms with Crippen LogP contribution in [-0.4, -0.2) is 48.6 Å². The van der Waals surface area contributed by atoms with Gasteiger partial charge in [-0.05, 0) is 19.0 Å². The zero-order valence-corrected chi connectivity index (χ0v) is 11.5. The van der Waals surface area contributed by atoms with Gasteiger partial charge >= 0.3 is 0 Å². The highest BCUT2D eigenvalue weighted by molar-refractivity contribution is 5.20. The number of likely N-dealkylation sites (N-methyl/N-ethyl adjacent to an activating group) is 1. The number of hydrogen-bond donors (Lipinski definition) is 1. The summed E-state index contributed by atoms with van der Waals surface area (Å²) in [6.07, 6.45) is 0. The van der Waals surface area contributed by atoms with Gasteiger partial charge in [0.15, 0.2) is 0 Å². The van der Waals surface area contributed by atoms with Gasteiger partial charge in [0.1, 0.15) is 0 Å². The first-order valence-electron chi connectivity index (χ1n) is 6.99. The molecule has 0 spiro atoms. The van der Waals surface area contributed by atoms with Crippen LogP contribution in [0.1, 0.15) is 25.5 Å². The van der Waals surface area contributed by atoms with Crippen molar-refractivity contribution in [1.82, 2.24) is 9.80 Å². The third-order valence-corrected chi connectivity index (χ3v) is 3.89. The van der Waals surface area contributed by atoms with Crippen molar-refractivity contribution in [2.45, 2.75) is 25.9 Å². The van der Waals surface area contributed by atoms with Crippen molar-refractivity contribution in [3.8, 4) is 0 Å². The maximum atomic E-state index is 6.21. The Hall–Kier alpha value is -0.900. The van der Waals surface area contributed by atoms with Gasteiger partial charge in [-0.1, -0.05) is 37.3 Å². The van der Waals surface area contributed by atoms with E-state index < -0.39 is 0 Å². The minimum Gasteiger partial charge on any atom is -0.326 e. The average Bonchev–Trinajstić information content (AvgIpc) is 2.40. The molecule has 1 aromatic carbocycles. The molecular weight excluding hydrogens is 222 g/mol. The summed E-state index contributed by atoms with van der Waals surface area (Å²) < 4.78 is 0. The molecule has 100 valence electrons. The Balaban J connectivity index is 2.08. The largest absolute Gasteiger partial charge is 0.326 e. The van der Waals surface area contributed by atoms with E-state index in [1.807, 2.05) is 0 Å². The van der Waals surface area contributed by atoms with Crippen LogP contribution < -0.4 is 5.73 Å². The number of benzene rings is 1. The SMILES string of the molecule is CCN1CCN(C(c2ccccc2)C(C)N)CC1. The number of hydrogen-bond acceptors (Lipinski definition) is 3. The molecule has 2 unspecified atom stereocenters. The van der Waals surface area contributed by atoms with Gasteiger partial charge in [0.2, 0.25) is 0 Å². The molecule has 1 heterocycles. The van der Waals surface area contributed by atoms with Crippen LogP contribution in [0, 0.1) is 0 Å². The molecule has 3 nitrogen and oxygen atoms in total. The topological polar surface area (TPSA) is 32.5 Å². The molecule has 1 aromatic rings. The highest BCUT2D eigenvalue weighted by atomic mass is 15.3. The Morgan fingerprint density at radius 2 is 1.72 bits per heavy atom. The van der Waals surface area contributed by atoms with Gasteiger partial charge in [-0.2, -0.15) is 0 Å². The average molecular weight is 247 g/mol. The van der Waals surface area contributed by atoms with Crippen molar-refractivity contribution in [2.75, 3.05) is 32.7 Å². The monoisotopic (exact) mass is 247 g/mol. The lowest BCUT2D eigenvalue weighted by Gasteiger charge is -2.40. The zero-order valence-electron chi connectivity index (χ0n) is 11.5. The molecule has 1 saturated heterocycles. The van der Waals surface area contributed by atoms with Crippen LogP contribution in [-0.2, 0) is 0 Å². The number of nitrogens with zero attached hydrogens (tertiary/aromatic N) is 2. The van der Waals surface area contributed by atoms with E-state index in [0.717, 1.165) is 32.7 Å². The predicted octanol–water partition coefficient (Wildman–Crippen LogP) is 1.71. The number of rotatable bonds is 4. The predicted molar refractivity (Wildman–Crippen MR) is 76.5 cm³/mol. The standard InChI is InChI=1S/C15H25N3/c1-3-17-9-11-18(12-10-17)15(13(2)16)14-7-5-4-6-8-14/h4-8,13,15H,3,9-12,16H2,1-2H3. The first-order valence-corrected chi connectivity index (χ1v) is 6.99. The van der Waals surface area contributed by atoms with Crippen LogP contribution in [0.25, 0.3) is 0 Å². The normalized spacial score (nSPS) is 21.7. The van der Waals surface area contributed by atoms with Gasteiger partial charge in [0.25, 0.3) is 0 Å². The summed E-state index contributed by atoms with van der Waals surface area (Å²) in [6.45, 7) is 10.1. The van der Waals surface area contributed by atoms with E-state index in [9.17, 15) is 0 Å². The summed E-state index contributed by atoms with van der Waals surface area (Å²) in [6, 6.07) is 11.2. The summed E-state index contributed by atoms with van der Waals surface area (Å²) in [7, 11) is 0. The molecule has 1 aliphatic rings. The van der Waals surface area contributed by atoms with Crippen LogP contribution in [0.3, 0.4) is 0 Å². The minimum atomic E-state index is 0.167. The molecule has 1 fully saturated rings. The van der Waals surface area contributed by atoms with Crippen molar-refractivity contribution in [2.24, 2.45) is 5.73 Å². The molecule has 2 atom stereocenters. The van der Waals surface area contributed by atoms with Crippen molar-refractivity contribution in [3.05, 3.63) is 35.9 Å². The van der Waals surface area contributed by atoms with Crippen LogP contribution in [0.2, 0.25) is 0 Å². The molecule has 0 radical (unpaired) electrons. The zero-order chi connectivity index (χ0) is 13.0. The van der Waals surface area contributed by atoms with E-state index in [1.165, 1.54) is 5.56 Å². The third-order valence-electron chi connectivity index (χ3n) is 3.89. The highest BCUT2D eigenvalue weighted by Crippen LogP contribution is 2.24. The van der Waals surface area contributed by atoms with Gasteiger partial charge in [-0.15, -0.1) is 0 Å². The quantitative estimate of drug-likeness (QED) is 0.879. The molecule has 2 N–H and O–H groups in total. The summed E-state index contributed by atoms with van der Waals surface area (Å²) >= 11 is 0.